The highest BCUT2D eigenvalue weighted by Gasteiger charge is 2.29. The summed E-state index contributed by atoms with van der Waals surface area (Å²) >= 11 is 5.17. The normalized spacial score (nSPS) is 13.7. The minimum absolute atomic E-state index is 0.0350. The molecule has 1 fully saturated rings. The van der Waals surface area contributed by atoms with Crippen molar-refractivity contribution in [3.8, 4) is 28.2 Å². The van der Waals surface area contributed by atoms with Gasteiger partial charge in [-0.1, -0.05) is 6.07 Å². The Bertz CT molecular complexity index is 1480. The highest BCUT2D eigenvalue weighted by atomic mass is 32.1. The van der Waals surface area contributed by atoms with Gasteiger partial charge in [0.15, 0.2) is 10.5 Å². The first kappa shape index (κ1) is 19.7. The van der Waals surface area contributed by atoms with E-state index in [0.29, 0.717) is 33.3 Å². The average molecular weight is 446 g/mol. The van der Waals surface area contributed by atoms with E-state index >= 15 is 0 Å². The van der Waals surface area contributed by atoms with Gasteiger partial charge in [-0.05, 0) is 54.2 Å². The number of phenolic OH excluding ortho intramolecular Hbond substituents is 1. The zero-order valence-corrected chi connectivity index (χ0v) is 17.1. The Morgan fingerprint density at radius 2 is 1.81 bits per heavy atom. The average Bonchev–Trinajstić information content (AvgIpc) is 3.09. The molecule has 3 aliphatic rings. The number of aromatic carboxylic acids is 1. The van der Waals surface area contributed by atoms with Crippen molar-refractivity contribution in [3.05, 3.63) is 70.4 Å². The minimum atomic E-state index is -1.20. The molecule has 0 spiro atoms. The van der Waals surface area contributed by atoms with Crippen LogP contribution in [0.1, 0.15) is 10.4 Å². The summed E-state index contributed by atoms with van der Waals surface area (Å²) in [5.74, 6) is -1.26. The van der Waals surface area contributed by atoms with Gasteiger partial charge in [0.05, 0.1) is 17.8 Å². The topological polar surface area (TPSA) is 120 Å². The fraction of sp³-hybridized carbons (Fsp3) is 0.0435. The van der Waals surface area contributed by atoms with E-state index in [0.717, 1.165) is 0 Å². The van der Waals surface area contributed by atoms with Crippen molar-refractivity contribution in [1.82, 2.24) is 5.32 Å². The second kappa shape index (κ2) is 7.17. The molecule has 0 saturated carbocycles. The zero-order chi connectivity index (χ0) is 22.6. The smallest absolute Gasteiger partial charge is 0.336 e. The molecule has 158 valence electrons. The Morgan fingerprint density at radius 3 is 2.53 bits per heavy atom. The van der Waals surface area contributed by atoms with Crippen molar-refractivity contribution in [3.63, 3.8) is 0 Å². The van der Waals surface area contributed by atoms with E-state index in [-0.39, 0.29) is 40.1 Å². The predicted molar refractivity (Wildman–Crippen MR) is 121 cm³/mol. The van der Waals surface area contributed by atoms with Gasteiger partial charge in [-0.2, -0.15) is 0 Å². The fourth-order valence-electron chi connectivity index (χ4n) is 3.90. The SMILES string of the molecule is O=C(O)c1cc(N2C(=O)CNC2=S)ccc1-c1c2ccc(=O)cc-2oc2cc(O)ccc12. The van der Waals surface area contributed by atoms with Crippen molar-refractivity contribution in [2.24, 2.45) is 0 Å². The van der Waals surface area contributed by atoms with Crippen LogP contribution in [0.5, 0.6) is 5.75 Å². The molecule has 2 heterocycles. The molecule has 0 unspecified atom stereocenters. The van der Waals surface area contributed by atoms with Crippen LogP contribution in [-0.4, -0.2) is 33.7 Å². The Labute approximate surface area is 185 Å². The number of hydrogen-bond acceptors (Lipinski definition) is 6. The Kier molecular flexibility index (Phi) is 4.42. The van der Waals surface area contributed by atoms with E-state index in [9.17, 15) is 24.6 Å². The molecular formula is C23H14N2O6S. The van der Waals surface area contributed by atoms with Gasteiger partial charge in [0.2, 0.25) is 0 Å². The summed E-state index contributed by atoms with van der Waals surface area (Å²) in [5.41, 5.74) is 1.72. The summed E-state index contributed by atoms with van der Waals surface area (Å²) in [7, 11) is 0. The lowest BCUT2D eigenvalue weighted by atomic mass is 9.90. The second-order valence-electron chi connectivity index (χ2n) is 7.24. The summed E-state index contributed by atoms with van der Waals surface area (Å²) < 4.78 is 5.82. The van der Waals surface area contributed by atoms with Gasteiger partial charge < -0.3 is 19.9 Å². The van der Waals surface area contributed by atoms with Crippen LogP contribution in [0.3, 0.4) is 0 Å². The molecule has 5 rings (SSSR count). The molecule has 0 bridgehead atoms. The number of thiocarbonyl (C=S) groups is 1. The second-order valence-corrected chi connectivity index (χ2v) is 7.63. The van der Waals surface area contributed by atoms with Crippen LogP contribution in [0, 0.1) is 0 Å². The Hall–Kier alpha value is -4.24. The van der Waals surface area contributed by atoms with Crippen molar-refractivity contribution < 1.29 is 24.2 Å². The van der Waals surface area contributed by atoms with Gasteiger partial charge in [-0.15, -0.1) is 0 Å². The molecule has 0 aromatic heterocycles. The molecular weight excluding hydrogens is 432 g/mol. The first-order chi connectivity index (χ1) is 15.3. The van der Waals surface area contributed by atoms with Crippen LogP contribution in [0.2, 0.25) is 0 Å². The van der Waals surface area contributed by atoms with Gasteiger partial charge in [0.25, 0.3) is 5.91 Å². The molecule has 3 N–H and O–H groups in total. The number of carboxylic acid groups (broad SMARTS) is 1. The number of carbonyl (C=O) groups excluding carboxylic acids is 1. The molecule has 32 heavy (non-hydrogen) atoms. The van der Waals surface area contributed by atoms with E-state index < -0.39 is 5.97 Å². The molecule has 1 saturated heterocycles. The van der Waals surface area contributed by atoms with Crippen LogP contribution >= 0.6 is 12.2 Å². The monoisotopic (exact) mass is 446 g/mol. The van der Waals surface area contributed by atoms with Crippen molar-refractivity contribution in [2.45, 2.75) is 0 Å². The molecule has 0 radical (unpaired) electrons. The highest BCUT2D eigenvalue weighted by molar-refractivity contribution is 7.80. The van der Waals surface area contributed by atoms with E-state index in [1.807, 2.05) is 0 Å². The third kappa shape index (κ3) is 3.07. The van der Waals surface area contributed by atoms with E-state index in [4.69, 9.17) is 16.6 Å². The van der Waals surface area contributed by atoms with Crippen molar-refractivity contribution in [2.75, 3.05) is 11.4 Å². The molecule has 2 aromatic rings. The van der Waals surface area contributed by atoms with Crippen LogP contribution < -0.4 is 15.6 Å². The maximum atomic E-state index is 12.2. The largest absolute Gasteiger partial charge is 0.508 e. The number of nitrogens with zero attached hydrogens (tertiary/aromatic N) is 1. The summed E-state index contributed by atoms with van der Waals surface area (Å²) in [5, 5.41) is 23.4. The van der Waals surface area contributed by atoms with E-state index in [1.54, 1.807) is 24.3 Å². The highest BCUT2D eigenvalue weighted by Crippen LogP contribution is 2.42. The number of aromatic hydroxyl groups is 1. The third-order valence-corrected chi connectivity index (χ3v) is 5.61. The molecule has 2 aromatic carbocycles. The Morgan fingerprint density at radius 1 is 1.03 bits per heavy atom. The van der Waals surface area contributed by atoms with E-state index in [1.165, 1.54) is 35.2 Å². The van der Waals surface area contributed by atoms with Gasteiger partial charge in [-0.3, -0.25) is 14.5 Å². The number of amides is 1. The molecule has 1 amide bonds. The van der Waals surface area contributed by atoms with Gasteiger partial charge >= 0.3 is 5.97 Å². The lowest BCUT2D eigenvalue weighted by Crippen LogP contribution is -2.30. The van der Waals surface area contributed by atoms with Crippen molar-refractivity contribution >= 4 is 45.9 Å². The summed E-state index contributed by atoms with van der Waals surface area (Å²) in [6.07, 6.45) is 0. The predicted octanol–water partition coefficient (Wildman–Crippen LogP) is 3.19. The van der Waals surface area contributed by atoms with Crippen LogP contribution in [-0.2, 0) is 4.79 Å². The lowest BCUT2D eigenvalue weighted by molar-refractivity contribution is -0.115. The van der Waals surface area contributed by atoms with Gasteiger partial charge in [-0.25, -0.2) is 4.79 Å². The summed E-state index contributed by atoms with van der Waals surface area (Å²) in [4.78, 5) is 37.6. The summed E-state index contributed by atoms with van der Waals surface area (Å²) in [6.45, 7) is 0.0411. The van der Waals surface area contributed by atoms with Gasteiger partial charge in [0.1, 0.15) is 17.1 Å². The third-order valence-electron chi connectivity index (χ3n) is 5.28. The van der Waals surface area contributed by atoms with Crippen molar-refractivity contribution in [1.29, 1.82) is 0 Å². The molecule has 8 nitrogen and oxygen atoms in total. The fourth-order valence-corrected chi connectivity index (χ4v) is 4.18. The number of rotatable bonds is 3. The number of phenols is 1. The molecule has 0 atom stereocenters. The number of anilines is 1. The maximum absolute atomic E-state index is 12.2. The van der Waals surface area contributed by atoms with Gasteiger partial charge in [0, 0.05) is 28.6 Å². The quantitative estimate of drug-likeness (QED) is 0.324. The number of hydrogen-bond donors (Lipinski definition) is 3. The number of carboxylic acids is 1. The summed E-state index contributed by atoms with van der Waals surface area (Å²) in [6, 6.07) is 13.3. The number of carbonyl (C=O) groups is 2. The standard InChI is InChI=1S/C23H14N2O6S/c26-12-2-5-15-18(8-12)31-19-9-13(27)3-6-16(19)21(15)14-4-1-11(7-17(14)22(29)30)25-20(28)10-24-23(25)32/h1-9,26H,10H2,(H,24,32)(H,29,30). The lowest BCUT2D eigenvalue weighted by Gasteiger charge is -2.19. The zero-order valence-electron chi connectivity index (χ0n) is 16.3. The molecule has 2 aliphatic heterocycles. The minimum Gasteiger partial charge on any atom is -0.508 e. The number of fused-ring (bicyclic) bond motifs is 2. The number of benzene rings is 3. The first-order valence-electron chi connectivity index (χ1n) is 9.51. The Balaban J connectivity index is 1.83. The van der Waals surface area contributed by atoms with Crippen LogP contribution in [0.15, 0.2) is 63.8 Å². The molecule has 9 heteroatoms. The van der Waals surface area contributed by atoms with Crippen LogP contribution in [0.25, 0.3) is 33.4 Å². The first-order valence-corrected chi connectivity index (χ1v) is 9.92. The maximum Gasteiger partial charge on any atom is 0.336 e. The number of nitrogens with one attached hydrogen (secondary N) is 1. The van der Waals surface area contributed by atoms with Crippen LogP contribution in [0.4, 0.5) is 5.69 Å². The molecule has 1 aliphatic carbocycles. The van der Waals surface area contributed by atoms with E-state index in [2.05, 4.69) is 5.32 Å².